The third kappa shape index (κ3) is 6.45. The molecule has 0 saturated carbocycles. The lowest BCUT2D eigenvalue weighted by Gasteiger charge is -2.11. The van der Waals surface area contributed by atoms with E-state index in [1.54, 1.807) is 36.7 Å². The Balaban J connectivity index is 1.40. The number of aromatic nitrogens is 4. The molecule has 0 radical (unpaired) electrons. The molecule has 0 unspecified atom stereocenters. The molecule has 4 rings (SSSR count). The fourth-order valence-corrected chi connectivity index (χ4v) is 4.67. The SMILES string of the molecule is NS(=O)(=O)c1ccc(CCNC(=O)CSc2nnc(-c3ccncc3)n2-c2ccc(Cl)cc2)cc1. The van der Waals surface area contributed by atoms with E-state index >= 15 is 0 Å². The van der Waals surface area contributed by atoms with Crippen molar-refractivity contribution >= 4 is 39.3 Å². The fraction of sp³-hybridized carbons (Fsp3) is 0.130. The molecule has 1 amide bonds. The van der Waals surface area contributed by atoms with Gasteiger partial charge in [0.05, 0.1) is 10.6 Å². The van der Waals surface area contributed by atoms with Crippen molar-refractivity contribution in [2.75, 3.05) is 12.3 Å². The second-order valence-electron chi connectivity index (χ2n) is 7.43. The predicted octanol–water partition coefficient (Wildman–Crippen LogP) is 3.08. The molecule has 0 aliphatic rings. The summed E-state index contributed by atoms with van der Waals surface area (Å²) < 4.78 is 24.6. The number of rotatable bonds is 9. The van der Waals surface area contributed by atoms with Crippen molar-refractivity contribution in [1.82, 2.24) is 25.1 Å². The molecule has 3 N–H and O–H groups in total. The first-order valence-corrected chi connectivity index (χ1v) is 13.4. The number of nitrogens with one attached hydrogen (secondary N) is 1. The van der Waals surface area contributed by atoms with Gasteiger partial charge in [-0.3, -0.25) is 14.3 Å². The molecular formula is C23H21ClN6O3S2. The summed E-state index contributed by atoms with van der Waals surface area (Å²) in [6.45, 7) is 0.403. The first-order chi connectivity index (χ1) is 16.8. The van der Waals surface area contributed by atoms with Crippen LogP contribution in [0, 0.1) is 0 Å². The lowest BCUT2D eigenvalue weighted by atomic mass is 10.1. The van der Waals surface area contributed by atoms with E-state index in [1.807, 2.05) is 28.8 Å². The maximum Gasteiger partial charge on any atom is 0.238 e. The first kappa shape index (κ1) is 24.9. The predicted molar refractivity (Wildman–Crippen MR) is 135 cm³/mol. The minimum Gasteiger partial charge on any atom is -0.355 e. The van der Waals surface area contributed by atoms with E-state index in [4.69, 9.17) is 16.7 Å². The number of pyridine rings is 1. The summed E-state index contributed by atoms with van der Waals surface area (Å²) in [7, 11) is -3.72. The molecule has 9 nitrogen and oxygen atoms in total. The van der Waals surface area contributed by atoms with Gasteiger partial charge in [0.15, 0.2) is 11.0 Å². The number of nitrogens with zero attached hydrogens (tertiary/aromatic N) is 4. The van der Waals surface area contributed by atoms with Crippen LogP contribution in [0.4, 0.5) is 0 Å². The lowest BCUT2D eigenvalue weighted by molar-refractivity contribution is -0.118. The molecule has 0 spiro atoms. The van der Waals surface area contributed by atoms with E-state index < -0.39 is 10.0 Å². The Labute approximate surface area is 211 Å². The van der Waals surface area contributed by atoms with Gasteiger partial charge in [-0.1, -0.05) is 35.5 Å². The number of benzene rings is 2. The van der Waals surface area contributed by atoms with Crippen molar-refractivity contribution in [3.63, 3.8) is 0 Å². The van der Waals surface area contributed by atoms with Crippen molar-refractivity contribution in [3.05, 3.63) is 83.6 Å². The van der Waals surface area contributed by atoms with Crippen LogP contribution in [0.2, 0.25) is 5.02 Å². The number of primary sulfonamides is 1. The van der Waals surface area contributed by atoms with Crippen LogP contribution in [-0.2, 0) is 21.2 Å². The summed E-state index contributed by atoms with van der Waals surface area (Å²) >= 11 is 7.32. The lowest BCUT2D eigenvalue weighted by Crippen LogP contribution is -2.27. The number of sulfonamides is 1. The van der Waals surface area contributed by atoms with Crippen LogP contribution in [0.25, 0.3) is 17.1 Å². The van der Waals surface area contributed by atoms with E-state index in [0.717, 1.165) is 16.8 Å². The Morgan fingerprint density at radius 1 is 1.00 bits per heavy atom. The quantitative estimate of drug-likeness (QED) is 0.319. The number of nitrogens with two attached hydrogens (primary N) is 1. The number of hydrogen-bond acceptors (Lipinski definition) is 7. The van der Waals surface area contributed by atoms with Crippen molar-refractivity contribution in [2.24, 2.45) is 5.14 Å². The summed E-state index contributed by atoms with van der Waals surface area (Å²) in [5.74, 6) is 0.611. The smallest absolute Gasteiger partial charge is 0.238 e. The van der Waals surface area contributed by atoms with Crippen LogP contribution in [0.5, 0.6) is 0 Å². The van der Waals surface area contributed by atoms with Crippen molar-refractivity contribution < 1.29 is 13.2 Å². The van der Waals surface area contributed by atoms with Crippen LogP contribution in [0.15, 0.2) is 83.1 Å². The maximum absolute atomic E-state index is 12.5. The Morgan fingerprint density at radius 3 is 2.34 bits per heavy atom. The molecule has 4 aromatic rings. The molecule has 0 aliphatic heterocycles. The highest BCUT2D eigenvalue weighted by atomic mass is 35.5. The number of thioether (sulfide) groups is 1. The highest BCUT2D eigenvalue weighted by Crippen LogP contribution is 2.28. The van der Waals surface area contributed by atoms with Gasteiger partial charge in [0.25, 0.3) is 0 Å². The second kappa shape index (κ2) is 11.0. The number of amides is 1. The van der Waals surface area contributed by atoms with Gasteiger partial charge >= 0.3 is 0 Å². The van der Waals surface area contributed by atoms with Crippen molar-refractivity contribution in [2.45, 2.75) is 16.5 Å². The second-order valence-corrected chi connectivity index (χ2v) is 10.4. The van der Waals surface area contributed by atoms with E-state index in [1.165, 1.54) is 23.9 Å². The van der Waals surface area contributed by atoms with Gasteiger partial charge < -0.3 is 5.32 Å². The number of carbonyl (C=O) groups is 1. The molecule has 0 aliphatic carbocycles. The Hall–Kier alpha value is -3.25. The highest BCUT2D eigenvalue weighted by molar-refractivity contribution is 7.99. The minimum atomic E-state index is -3.72. The molecular weight excluding hydrogens is 508 g/mol. The van der Waals surface area contributed by atoms with Crippen LogP contribution in [0.1, 0.15) is 5.56 Å². The molecule has 0 fully saturated rings. The van der Waals surface area contributed by atoms with Crippen LogP contribution >= 0.6 is 23.4 Å². The molecule has 0 saturated heterocycles. The minimum absolute atomic E-state index is 0.0534. The summed E-state index contributed by atoms with van der Waals surface area (Å²) in [5, 5.41) is 17.8. The number of halogens is 1. The Morgan fingerprint density at radius 2 is 1.69 bits per heavy atom. The topological polar surface area (TPSA) is 133 Å². The van der Waals surface area contributed by atoms with Gasteiger partial charge in [0, 0.05) is 35.2 Å². The van der Waals surface area contributed by atoms with Gasteiger partial charge in [-0.15, -0.1) is 10.2 Å². The molecule has 2 heterocycles. The monoisotopic (exact) mass is 528 g/mol. The summed E-state index contributed by atoms with van der Waals surface area (Å²) in [6.07, 6.45) is 3.91. The zero-order valence-electron chi connectivity index (χ0n) is 18.3. The van der Waals surface area contributed by atoms with Gasteiger partial charge in [0.2, 0.25) is 15.9 Å². The third-order valence-corrected chi connectivity index (χ3v) is 7.09. The van der Waals surface area contributed by atoms with Gasteiger partial charge in [0.1, 0.15) is 0 Å². The van der Waals surface area contributed by atoms with E-state index in [2.05, 4.69) is 20.5 Å². The Kier molecular flexibility index (Phi) is 7.81. The largest absolute Gasteiger partial charge is 0.355 e. The van der Waals surface area contributed by atoms with E-state index in [-0.39, 0.29) is 16.6 Å². The highest BCUT2D eigenvalue weighted by Gasteiger charge is 2.17. The zero-order valence-corrected chi connectivity index (χ0v) is 20.7. The van der Waals surface area contributed by atoms with Crippen molar-refractivity contribution in [3.8, 4) is 17.1 Å². The normalized spacial score (nSPS) is 11.4. The molecule has 0 atom stereocenters. The maximum atomic E-state index is 12.5. The molecule has 2 aromatic heterocycles. The average molecular weight is 529 g/mol. The Bertz CT molecular complexity index is 1410. The fourth-order valence-electron chi connectivity index (χ4n) is 3.25. The number of hydrogen-bond donors (Lipinski definition) is 2. The standard InChI is InChI=1S/C23H21ClN6O3S2/c24-18-3-5-19(6-4-18)30-22(17-10-12-26-13-11-17)28-29-23(30)34-15-21(31)27-14-9-16-1-7-20(8-2-16)35(25,32)33/h1-8,10-13H,9,14-15H2,(H,27,31)(H2,25,32,33). The molecule has 180 valence electrons. The summed E-state index contributed by atoms with van der Waals surface area (Å²) in [6, 6.07) is 17.2. The van der Waals surface area contributed by atoms with Gasteiger partial charge in [-0.2, -0.15) is 0 Å². The molecule has 35 heavy (non-hydrogen) atoms. The molecule has 0 bridgehead atoms. The zero-order chi connectivity index (χ0) is 24.8. The van der Waals surface area contributed by atoms with E-state index in [9.17, 15) is 13.2 Å². The number of carbonyl (C=O) groups excluding carboxylic acids is 1. The first-order valence-electron chi connectivity index (χ1n) is 10.4. The molecule has 2 aromatic carbocycles. The van der Waals surface area contributed by atoms with E-state index in [0.29, 0.717) is 29.0 Å². The summed E-state index contributed by atoms with van der Waals surface area (Å²) in [5.41, 5.74) is 2.54. The van der Waals surface area contributed by atoms with Gasteiger partial charge in [-0.05, 0) is 60.5 Å². The van der Waals surface area contributed by atoms with Crippen LogP contribution in [-0.4, -0.2) is 46.4 Å². The third-order valence-electron chi connectivity index (χ3n) is 4.98. The summed E-state index contributed by atoms with van der Waals surface area (Å²) in [4.78, 5) is 16.6. The average Bonchev–Trinajstić information content (AvgIpc) is 3.27. The van der Waals surface area contributed by atoms with Crippen molar-refractivity contribution in [1.29, 1.82) is 0 Å². The van der Waals surface area contributed by atoms with Crippen LogP contribution < -0.4 is 10.5 Å². The van der Waals surface area contributed by atoms with Gasteiger partial charge in [-0.25, -0.2) is 13.6 Å². The molecule has 12 heteroatoms. The van der Waals surface area contributed by atoms with Crippen LogP contribution in [0.3, 0.4) is 0 Å².